The SMILES string of the molecule is COc1ccc([C@@H](C)NCC(O)c2ccc(F)cc2)cc1. The van der Waals surface area contributed by atoms with E-state index in [0.717, 1.165) is 11.3 Å². The summed E-state index contributed by atoms with van der Waals surface area (Å²) in [4.78, 5) is 0. The molecule has 0 bridgehead atoms. The normalized spacial score (nSPS) is 13.7. The highest BCUT2D eigenvalue weighted by Gasteiger charge is 2.10. The summed E-state index contributed by atoms with van der Waals surface area (Å²) in [6.45, 7) is 2.43. The van der Waals surface area contributed by atoms with Crippen LogP contribution in [0.4, 0.5) is 4.39 Å². The lowest BCUT2D eigenvalue weighted by molar-refractivity contribution is 0.170. The van der Waals surface area contributed by atoms with Crippen molar-refractivity contribution in [1.82, 2.24) is 5.32 Å². The van der Waals surface area contributed by atoms with Crippen LogP contribution >= 0.6 is 0 Å². The molecule has 0 aliphatic carbocycles. The van der Waals surface area contributed by atoms with Crippen molar-refractivity contribution in [3.8, 4) is 5.75 Å². The molecule has 0 saturated heterocycles. The van der Waals surface area contributed by atoms with Gasteiger partial charge in [-0.1, -0.05) is 24.3 Å². The van der Waals surface area contributed by atoms with E-state index < -0.39 is 6.10 Å². The molecule has 0 saturated carbocycles. The van der Waals surface area contributed by atoms with Gasteiger partial charge in [0.1, 0.15) is 11.6 Å². The van der Waals surface area contributed by atoms with Crippen LogP contribution in [0.5, 0.6) is 5.75 Å². The lowest BCUT2D eigenvalue weighted by atomic mass is 10.1. The highest BCUT2D eigenvalue weighted by Crippen LogP contribution is 2.18. The van der Waals surface area contributed by atoms with Crippen molar-refractivity contribution >= 4 is 0 Å². The number of ether oxygens (including phenoxy) is 1. The first-order valence-electron chi connectivity index (χ1n) is 6.91. The third kappa shape index (κ3) is 4.28. The van der Waals surface area contributed by atoms with Crippen LogP contribution < -0.4 is 10.1 Å². The van der Waals surface area contributed by atoms with Crippen molar-refractivity contribution in [3.63, 3.8) is 0 Å². The predicted molar refractivity (Wildman–Crippen MR) is 80.8 cm³/mol. The molecule has 0 aromatic heterocycles. The number of hydrogen-bond donors (Lipinski definition) is 2. The third-order valence-corrected chi connectivity index (χ3v) is 3.49. The summed E-state index contributed by atoms with van der Waals surface area (Å²) in [5, 5.41) is 13.3. The molecule has 0 radical (unpaired) electrons. The zero-order valence-electron chi connectivity index (χ0n) is 12.2. The quantitative estimate of drug-likeness (QED) is 0.858. The Bertz CT molecular complexity index is 554. The van der Waals surface area contributed by atoms with Crippen molar-refractivity contribution in [3.05, 3.63) is 65.5 Å². The van der Waals surface area contributed by atoms with E-state index in [1.165, 1.54) is 12.1 Å². The molecule has 0 amide bonds. The van der Waals surface area contributed by atoms with E-state index in [-0.39, 0.29) is 11.9 Å². The Labute approximate surface area is 124 Å². The van der Waals surface area contributed by atoms with Gasteiger partial charge in [-0.2, -0.15) is 0 Å². The van der Waals surface area contributed by atoms with Crippen molar-refractivity contribution in [2.75, 3.05) is 13.7 Å². The molecule has 4 heteroatoms. The molecule has 112 valence electrons. The number of aliphatic hydroxyl groups is 1. The molecule has 3 nitrogen and oxygen atoms in total. The predicted octanol–water partition coefficient (Wildman–Crippen LogP) is 3.22. The highest BCUT2D eigenvalue weighted by molar-refractivity contribution is 5.29. The molecule has 2 aromatic carbocycles. The van der Waals surface area contributed by atoms with E-state index in [4.69, 9.17) is 4.74 Å². The smallest absolute Gasteiger partial charge is 0.123 e. The largest absolute Gasteiger partial charge is 0.497 e. The summed E-state index contributed by atoms with van der Waals surface area (Å²) < 4.78 is 18.0. The van der Waals surface area contributed by atoms with Gasteiger partial charge in [0.2, 0.25) is 0 Å². The topological polar surface area (TPSA) is 41.5 Å². The first-order chi connectivity index (χ1) is 10.1. The molecule has 0 spiro atoms. The van der Waals surface area contributed by atoms with Gasteiger partial charge in [-0.3, -0.25) is 0 Å². The maximum Gasteiger partial charge on any atom is 0.123 e. The Kier molecular flexibility index (Phi) is 5.31. The Morgan fingerprint density at radius 2 is 1.62 bits per heavy atom. The molecular formula is C17H20FNO2. The van der Waals surface area contributed by atoms with E-state index in [1.54, 1.807) is 19.2 Å². The Hall–Kier alpha value is -1.91. The van der Waals surface area contributed by atoms with E-state index in [9.17, 15) is 9.50 Å². The standard InChI is InChI=1S/C17H20FNO2/c1-12(13-5-9-16(21-2)10-6-13)19-11-17(20)14-3-7-15(18)8-4-14/h3-10,12,17,19-20H,11H2,1-2H3/t12-,17?/m1/s1. The number of aliphatic hydroxyl groups excluding tert-OH is 1. The molecule has 0 heterocycles. The van der Waals surface area contributed by atoms with Gasteiger partial charge in [0.15, 0.2) is 0 Å². The highest BCUT2D eigenvalue weighted by atomic mass is 19.1. The molecule has 2 atom stereocenters. The van der Waals surface area contributed by atoms with Crippen LogP contribution in [-0.2, 0) is 0 Å². The molecular weight excluding hydrogens is 269 g/mol. The lowest BCUT2D eigenvalue weighted by Gasteiger charge is -2.18. The number of hydrogen-bond acceptors (Lipinski definition) is 3. The number of halogens is 1. The van der Waals surface area contributed by atoms with Crippen molar-refractivity contribution in [2.45, 2.75) is 19.1 Å². The van der Waals surface area contributed by atoms with Gasteiger partial charge in [-0.05, 0) is 42.3 Å². The molecule has 21 heavy (non-hydrogen) atoms. The number of rotatable bonds is 6. The summed E-state index contributed by atoms with van der Waals surface area (Å²) in [5.74, 6) is 0.516. The minimum atomic E-state index is -0.661. The molecule has 0 fully saturated rings. The Balaban J connectivity index is 1.90. The third-order valence-electron chi connectivity index (χ3n) is 3.49. The van der Waals surface area contributed by atoms with Gasteiger partial charge in [-0.25, -0.2) is 4.39 Å². The summed E-state index contributed by atoms with van der Waals surface area (Å²) >= 11 is 0. The maximum atomic E-state index is 12.8. The van der Waals surface area contributed by atoms with Crippen LogP contribution in [0, 0.1) is 5.82 Å². The van der Waals surface area contributed by atoms with Crippen molar-refractivity contribution in [1.29, 1.82) is 0 Å². The molecule has 0 aliphatic heterocycles. The maximum absolute atomic E-state index is 12.8. The minimum absolute atomic E-state index is 0.103. The van der Waals surface area contributed by atoms with E-state index >= 15 is 0 Å². The van der Waals surface area contributed by atoms with Crippen molar-refractivity contribution < 1.29 is 14.2 Å². The Morgan fingerprint density at radius 3 is 2.19 bits per heavy atom. The second kappa shape index (κ2) is 7.20. The first kappa shape index (κ1) is 15.5. The minimum Gasteiger partial charge on any atom is -0.497 e. The summed E-state index contributed by atoms with van der Waals surface area (Å²) in [6, 6.07) is 13.8. The summed E-state index contributed by atoms with van der Waals surface area (Å²) in [7, 11) is 1.63. The lowest BCUT2D eigenvalue weighted by Crippen LogP contribution is -2.24. The van der Waals surface area contributed by atoms with Gasteiger partial charge in [-0.15, -0.1) is 0 Å². The molecule has 2 N–H and O–H groups in total. The molecule has 2 aromatic rings. The number of methoxy groups -OCH3 is 1. The first-order valence-corrected chi connectivity index (χ1v) is 6.91. The van der Waals surface area contributed by atoms with Crippen LogP contribution in [-0.4, -0.2) is 18.8 Å². The Morgan fingerprint density at radius 1 is 1.05 bits per heavy atom. The van der Waals surface area contributed by atoms with Crippen molar-refractivity contribution in [2.24, 2.45) is 0 Å². The van der Waals surface area contributed by atoms with Gasteiger partial charge in [0.25, 0.3) is 0 Å². The van der Waals surface area contributed by atoms with Gasteiger partial charge < -0.3 is 15.2 Å². The van der Waals surface area contributed by atoms with Crippen LogP contribution in [0.3, 0.4) is 0 Å². The molecule has 2 rings (SSSR count). The van der Waals surface area contributed by atoms with Crippen LogP contribution in [0.25, 0.3) is 0 Å². The van der Waals surface area contributed by atoms with Crippen LogP contribution in [0.15, 0.2) is 48.5 Å². The van der Waals surface area contributed by atoms with Crippen LogP contribution in [0.1, 0.15) is 30.2 Å². The number of benzene rings is 2. The fourth-order valence-corrected chi connectivity index (χ4v) is 2.10. The van der Waals surface area contributed by atoms with Crippen LogP contribution in [0.2, 0.25) is 0 Å². The zero-order chi connectivity index (χ0) is 15.2. The summed E-state index contributed by atoms with van der Waals surface area (Å²) in [6.07, 6.45) is -0.661. The van der Waals surface area contributed by atoms with Gasteiger partial charge in [0.05, 0.1) is 13.2 Å². The van der Waals surface area contributed by atoms with E-state index in [0.29, 0.717) is 12.1 Å². The van der Waals surface area contributed by atoms with Gasteiger partial charge >= 0.3 is 0 Å². The second-order valence-corrected chi connectivity index (χ2v) is 4.97. The van der Waals surface area contributed by atoms with E-state index in [2.05, 4.69) is 5.32 Å². The average molecular weight is 289 g/mol. The fourth-order valence-electron chi connectivity index (χ4n) is 2.10. The molecule has 1 unspecified atom stereocenters. The monoisotopic (exact) mass is 289 g/mol. The fraction of sp³-hybridized carbons (Fsp3) is 0.294. The van der Waals surface area contributed by atoms with E-state index in [1.807, 2.05) is 31.2 Å². The molecule has 0 aliphatic rings. The average Bonchev–Trinajstić information content (AvgIpc) is 2.53. The second-order valence-electron chi connectivity index (χ2n) is 4.97. The summed E-state index contributed by atoms with van der Waals surface area (Å²) in [5.41, 5.74) is 1.81. The van der Waals surface area contributed by atoms with Gasteiger partial charge in [0, 0.05) is 12.6 Å². The zero-order valence-corrected chi connectivity index (χ0v) is 12.2. The number of nitrogens with one attached hydrogen (secondary N) is 1.